The highest BCUT2D eigenvalue weighted by atomic mass is 16.6. The van der Waals surface area contributed by atoms with Crippen molar-refractivity contribution in [3.05, 3.63) is 57.6 Å². The molecule has 192 valence electrons. The van der Waals surface area contributed by atoms with Gasteiger partial charge < -0.3 is 18.9 Å². The van der Waals surface area contributed by atoms with E-state index >= 15 is 0 Å². The molecule has 2 saturated heterocycles. The zero-order valence-electron chi connectivity index (χ0n) is 22.9. The molecule has 2 aliphatic rings. The summed E-state index contributed by atoms with van der Waals surface area (Å²) in [6.45, 7) is 21.0. The van der Waals surface area contributed by atoms with Crippen molar-refractivity contribution in [2.75, 3.05) is 26.4 Å². The van der Waals surface area contributed by atoms with Crippen LogP contribution in [-0.2, 0) is 15.9 Å². The standard InChI is InChI=1S/C31H44O4/c1-18(2)26-10-22(11-27(19(3)4)30(26)34-16-24-14-32-24)9-23-12-28(20(5)6)31(29(13-23)21(7)8)35-17-25-15-33-25/h10-13,18-21,24-25H,9,14-17H2,1-8H3. The molecule has 2 atom stereocenters. The van der Waals surface area contributed by atoms with Gasteiger partial charge in [0.05, 0.1) is 13.2 Å². The maximum Gasteiger partial charge on any atom is 0.126 e. The van der Waals surface area contributed by atoms with Crippen LogP contribution in [0.5, 0.6) is 11.5 Å². The fraction of sp³-hybridized carbons (Fsp3) is 0.613. The van der Waals surface area contributed by atoms with E-state index in [9.17, 15) is 0 Å². The molecule has 0 saturated carbocycles. The first-order valence-electron chi connectivity index (χ1n) is 13.5. The van der Waals surface area contributed by atoms with Crippen LogP contribution < -0.4 is 9.47 Å². The maximum absolute atomic E-state index is 6.34. The second kappa shape index (κ2) is 10.9. The van der Waals surface area contributed by atoms with E-state index in [1.807, 2.05) is 0 Å². The van der Waals surface area contributed by atoms with Crippen LogP contribution in [0, 0.1) is 0 Å². The van der Waals surface area contributed by atoms with Gasteiger partial charge in [0.2, 0.25) is 0 Å². The number of rotatable bonds is 12. The molecule has 0 aromatic heterocycles. The molecule has 0 radical (unpaired) electrons. The summed E-state index contributed by atoms with van der Waals surface area (Å²) in [5.41, 5.74) is 7.87. The summed E-state index contributed by atoms with van der Waals surface area (Å²) in [7, 11) is 0. The second-order valence-corrected chi connectivity index (χ2v) is 11.5. The van der Waals surface area contributed by atoms with Crippen molar-refractivity contribution in [2.24, 2.45) is 0 Å². The summed E-state index contributed by atoms with van der Waals surface area (Å²) < 4.78 is 23.5. The SMILES string of the molecule is CC(C)c1cc(Cc2cc(C(C)C)c(OCC3CO3)c(C(C)C)c2)cc(C(C)C)c1OCC1CO1. The lowest BCUT2D eigenvalue weighted by Gasteiger charge is -2.23. The van der Waals surface area contributed by atoms with Crippen LogP contribution in [0.15, 0.2) is 24.3 Å². The van der Waals surface area contributed by atoms with E-state index in [0.29, 0.717) is 36.9 Å². The van der Waals surface area contributed by atoms with E-state index in [0.717, 1.165) is 31.1 Å². The van der Waals surface area contributed by atoms with Crippen molar-refractivity contribution in [1.29, 1.82) is 0 Å². The third kappa shape index (κ3) is 6.59. The average molecular weight is 481 g/mol. The van der Waals surface area contributed by atoms with Gasteiger partial charge in [-0.2, -0.15) is 0 Å². The lowest BCUT2D eigenvalue weighted by atomic mass is 9.87. The highest BCUT2D eigenvalue weighted by Crippen LogP contribution is 2.39. The molecule has 2 aromatic rings. The van der Waals surface area contributed by atoms with Gasteiger partial charge in [-0.1, -0.05) is 79.7 Å². The van der Waals surface area contributed by atoms with Crippen LogP contribution in [0.3, 0.4) is 0 Å². The van der Waals surface area contributed by atoms with Gasteiger partial charge in [-0.25, -0.2) is 0 Å². The summed E-state index contributed by atoms with van der Waals surface area (Å²) in [6, 6.07) is 9.44. The predicted molar refractivity (Wildman–Crippen MR) is 143 cm³/mol. The van der Waals surface area contributed by atoms with Gasteiger partial charge in [-0.3, -0.25) is 0 Å². The third-order valence-corrected chi connectivity index (χ3v) is 6.94. The van der Waals surface area contributed by atoms with Gasteiger partial charge in [-0.15, -0.1) is 0 Å². The maximum atomic E-state index is 6.34. The summed E-state index contributed by atoms with van der Waals surface area (Å²) in [4.78, 5) is 0. The van der Waals surface area contributed by atoms with Crippen LogP contribution in [0.2, 0.25) is 0 Å². The molecule has 2 unspecified atom stereocenters. The van der Waals surface area contributed by atoms with Crippen molar-refractivity contribution >= 4 is 0 Å². The summed E-state index contributed by atoms with van der Waals surface area (Å²) in [5, 5.41) is 0. The molecule has 2 fully saturated rings. The largest absolute Gasteiger partial charge is 0.490 e. The fourth-order valence-electron chi connectivity index (χ4n) is 4.65. The van der Waals surface area contributed by atoms with E-state index in [1.165, 1.54) is 33.4 Å². The Kier molecular flexibility index (Phi) is 8.12. The molecule has 0 amide bonds. The Morgan fingerprint density at radius 3 is 1.11 bits per heavy atom. The van der Waals surface area contributed by atoms with Crippen molar-refractivity contribution in [2.45, 2.75) is 97.7 Å². The zero-order valence-corrected chi connectivity index (χ0v) is 22.9. The van der Waals surface area contributed by atoms with Gasteiger partial charge in [0, 0.05) is 0 Å². The van der Waals surface area contributed by atoms with Gasteiger partial charge >= 0.3 is 0 Å². The number of epoxide rings is 2. The first kappa shape index (κ1) is 26.0. The number of hydrogen-bond donors (Lipinski definition) is 0. The normalized spacial score (nSPS) is 19.2. The van der Waals surface area contributed by atoms with Crippen LogP contribution in [-0.4, -0.2) is 38.6 Å². The predicted octanol–water partition coefficient (Wildman–Crippen LogP) is 7.33. The van der Waals surface area contributed by atoms with Crippen LogP contribution in [0.4, 0.5) is 0 Å². The van der Waals surface area contributed by atoms with E-state index in [1.54, 1.807) is 0 Å². The molecule has 4 nitrogen and oxygen atoms in total. The summed E-state index contributed by atoms with van der Waals surface area (Å²) in [6.07, 6.45) is 1.41. The molecule has 2 heterocycles. The molecule has 2 aromatic carbocycles. The molecule has 0 spiro atoms. The number of benzene rings is 2. The Labute approximate surface area is 212 Å². The molecule has 35 heavy (non-hydrogen) atoms. The van der Waals surface area contributed by atoms with Crippen LogP contribution in [0.25, 0.3) is 0 Å². The lowest BCUT2D eigenvalue weighted by Crippen LogP contribution is -2.11. The second-order valence-electron chi connectivity index (χ2n) is 11.5. The Morgan fingerprint density at radius 2 is 0.886 bits per heavy atom. The van der Waals surface area contributed by atoms with E-state index in [2.05, 4.69) is 79.7 Å². The van der Waals surface area contributed by atoms with E-state index < -0.39 is 0 Å². The Hall–Kier alpha value is -2.04. The molecule has 2 aliphatic heterocycles. The molecule has 0 N–H and O–H groups in total. The minimum absolute atomic E-state index is 0.255. The quantitative estimate of drug-likeness (QED) is 0.298. The minimum Gasteiger partial charge on any atom is -0.490 e. The fourth-order valence-corrected chi connectivity index (χ4v) is 4.65. The summed E-state index contributed by atoms with van der Waals surface area (Å²) >= 11 is 0. The smallest absolute Gasteiger partial charge is 0.126 e. The molecular formula is C31H44O4. The monoisotopic (exact) mass is 480 g/mol. The molecule has 0 aliphatic carbocycles. The Bertz CT molecular complexity index is 873. The van der Waals surface area contributed by atoms with Crippen molar-refractivity contribution in [3.8, 4) is 11.5 Å². The third-order valence-electron chi connectivity index (χ3n) is 6.94. The molecule has 4 heteroatoms. The molecule has 0 bridgehead atoms. The number of hydrogen-bond acceptors (Lipinski definition) is 4. The van der Waals surface area contributed by atoms with Gasteiger partial charge in [0.15, 0.2) is 0 Å². The highest BCUT2D eigenvalue weighted by molar-refractivity contribution is 5.52. The van der Waals surface area contributed by atoms with Crippen molar-refractivity contribution in [1.82, 2.24) is 0 Å². The first-order chi connectivity index (χ1) is 16.6. The van der Waals surface area contributed by atoms with Gasteiger partial charge in [-0.05, 0) is 63.5 Å². The minimum atomic E-state index is 0.255. The number of ether oxygens (including phenoxy) is 4. The van der Waals surface area contributed by atoms with E-state index in [-0.39, 0.29) is 12.2 Å². The van der Waals surface area contributed by atoms with Crippen LogP contribution in [0.1, 0.15) is 112 Å². The Balaban J connectivity index is 1.69. The summed E-state index contributed by atoms with van der Waals surface area (Å²) in [5.74, 6) is 3.68. The lowest BCUT2D eigenvalue weighted by molar-refractivity contribution is 0.257. The first-order valence-corrected chi connectivity index (χ1v) is 13.5. The molecular weight excluding hydrogens is 436 g/mol. The van der Waals surface area contributed by atoms with Crippen molar-refractivity contribution < 1.29 is 18.9 Å². The topological polar surface area (TPSA) is 43.5 Å². The zero-order chi connectivity index (χ0) is 25.3. The van der Waals surface area contributed by atoms with Crippen molar-refractivity contribution in [3.63, 3.8) is 0 Å². The van der Waals surface area contributed by atoms with Gasteiger partial charge in [0.25, 0.3) is 0 Å². The van der Waals surface area contributed by atoms with E-state index in [4.69, 9.17) is 18.9 Å². The molecule has 4 rings (SSSR count). The highest BCUT2D eigenvalue weighted by Gasteiger charge is 2.27. The van der Waals surface area contributed by atoms with Crippen LogP contribution >= 0.6 is 0 Å². The van der Waals surface area contributed by atoms with Gasteiger partial charge in [0.1, 0.15) is 36.9 Å². The Morgan fingerprint density at radius 1 is 0.600 bits per heavy atom. The average Bonchev–Trinajstić information content (AvgIpc) is 3.71.